The molecule has 4 nitrogen and oxygen atoms in total. The highest BCUT2D eigenvalue weighted by molar-refractivity contribution is 7.99. The number of sulfonamides is 1. The van der Waals surface area contributed by atoms with Crippen molar-refractivity contribution in [3.8, 4) is 18.4 Å². The highest BCUT2D eigenvalue weighted by Crippen LogP contribution is 2.03. The summed E-state index contributed by atoms with van der Waals surface area (Å²) in [7, 11) is -3.49. The van der Waals surface area contributed by atoms with Crippen molar-refractivity contribution in [2.75, 3.05) is 18.1 Å². The predicted octanol–water partition coefficient (Wildman–Crippen LogP) is 0.574. The summed E-state index contributed by atoms with van der Waals surface area (Å²) in [6, 6.07) is 1.75. The van der Waals surface area contributed by atoms with Crippen molar-refractivity contribution in [2.45, 2.75) is 18.6 Å². The van der Waals surface area contributed by atoms with Crippen LogP contribution in [0.25, 0.3) is 0 Å². The normalized spacial score (nSPS) is 12.7. The maximum Gasteiger partial charge on any atom is 0.227 e. The second kappa shape index (κ2) is 7.58. The molecule has 0 fully saturated rings. The van der Waals surface area contributed by atoms with Gasteiger partial charge in [0.1, 0.15) is 0 Å². The number of thioether (sulfide) groups is 1. The Morgan fingerprint density at radius 1 is 1.60 bits per heavy atom. The van der Waals surface area contributed by atoms with Gasteiger partial charge in [-0.2, -0.15) is 5.26 Å². The Balaban J connectivity index is 3.97. The minimum absolute atomic E-state index is 0.295. The first-order valence-corrected chi connectivity index (χ1v) is 7.17. The first-order chi connectivity index (χ1) is 7.08. The molecule has 0 rings (SSSR count). The highest BCUT2D eigenvalue weighted by atomic mass is 32.2. The minimum Gasteiger partial charge on any atom is -0.213 e. The third kappa shape index (κ3) is 5.68. The lowest BCUT2D eigenvalue weighted by molar-refractivity contribution is 0.575. The Kier molecular flexibility index (Phi) is 7.23. The van der Waals surface area contributed by atoms with Gasteiger partial charge in [-0.25, -0.2) is 13.1 Å². The van der Waals surface area contributed by atoms with E-state index in [4.69, 9.17) is 11.7 Å². The molecular formula is C9H14N2O2S2. The van der Waals surface area contributed by atoms with Gasteiger partial charge in [-0.1, -0.05) is 12.8 Å². The molecule has 0 aliphatic carbocycles. The molecule has 0 spiro atoms. The zero-order valence-electron chi connectivity index (χ0n) is 8.56. The lowest BCUT2D eigenvalue weighted by Crippen LogP contribution is -2.34. The van der Waals surface area contributed by atoms with E-state index in [1.807, 2.05) is 0 Å². The van der Waals surface area contributed by atoms with Crippen LogP contribution in [0, 0.1) is 23.7 Å². The molecule has 1 unspecified atom stereocenters. The van der Waals surface area contributed by atoms with Crippen molar-refractivity contribution in [2.24, 2.45) is 0 Å². The summed E-state index contributed by atoms with van der Waals surface area (Å²) in [6.45, 7) is 1.98. The van der Waals surface area contributed by atoms with E-state index in [-0.39, 0.29) is 0 Å². The van der Waals surface area contributed by atoms with E-state index >= 15 is 0 Å². The second-order valence-electron chi connectivity index (χ2n) is 2.72. The first-order valence-electron chi connectivity index (χ1n) is 4.47. The van der Waals surface area contributed by atoms with Crippen molar-refractivity contribution in [3.63, 3.8) is 0 Å². The number of nitrogens with zero attached hydrogens (tertiary/aromatic N) is 1. The van der Waals surface area contributed by atoms with Gasteiger partial charge in [-0.3, -0.25) is 0 Å². The monoisotopic (exact) mass is 246 g/mol. The molecule has 0 aliphatic rings. The molecular weight excluding hydrogens is 232 g/mol. The van der Waals surface area contributed by atoms with E-state index < -0.39 is 15.3 Å². The van der Waals surface area contributed by atoms with Crippen LogP contribution >= 0.6 is 11.8 Å². The number of terminal acetylenes is 1. The van der Waals surface area contributed by atoms with E-state index in [1.165, 1.54) is 11.8 Å². The number of nitrogens with one attached hydrogen (secondary N) is 1. The minimum atomic E-state index is -3.49. The Hall–Kier alpha value is -0.690. The fourth-order valence-corrected chi connectivity index (χ4v) is 2.67. The maximum atomic E-state index is 11.4. The van der Waals surface area contributed by atoms with Gasteiger partial charge in [-0.15, -0.1) is 18.2 Å². The van der Waals surface area contributed by atoms with Gasteiger partial charge in [0.05, 0.1) is 11.8 Å². The number of hydrogen-bond donors (Lipinski definition) is 1. The number of rotatable bonds is 7. The van der Waals surface area contributed by atoms with Crippen LogP contribution in [0.4, 0.5) is 0 Å². The van der Waals surface area contributed by atoms with E-state index in [9.17, 15) is 8.42 Å². The van der Waals surface area contributed by atoms with E-state index in [2.05, 4.69) is 10.6 Å². The van der Waals surface area contributed by atoms with Crippen LogP contribution < -0.4 is 4.72 Å². The molecule has 1 N–H and O–H groups in total. The van der Waals surface area contributed by atoms with Crippen LogP contribution in [0.2, 0.25) is 0 Å². The van der Waals surface area contributed by atoms with Crippen molar-refractivity contribution in [1.82, 2.24) is 4.72 Å². The molecule has 0 radical (unpaired) electrons. The molecule has 0 amide bonds. The second-order valence-corrected chi connectivity index (χ2v) is 5.77. The van der Waals surface area contributed by atoms with Crippen LogP contribution in [0.1, 0.15) is 13.3 Å². The average Bonchev–Trinajstić information content (AvgIpc) is 2.18. The lowest BCUT2D eigenvalue weighted by atomic mass is 10.4. The summed E-state index contributed by atoms with van der Waals surface area (Å²) in [6.07, 6.45) is 5.33. The standard InChI is InChI=1S/C9H14N2O2S2/c1-3-6-14-7-5-11-15(12,13)9(4-2)8-10/h1,9,11H,4-7H2,2H3. The number of hydrogen-bond acceptors (Lipinski definition) is 4. The average molecular weight is 246 g/mol. The summed E-state index contributed by atoms with van der Waals surface area (Å²) < 4.78 is 25.3. The zero-order chi connectivity index (χ0) is 11.7. The molecule has 0 saturated heterocycles. The molecule has 0 bridgehead atoms. The zero-order valence-corrected chi connectivity index (χ0v) is 10.2. The molecule has 6 heteroatoms. The van der Waals surface area contributed by atoms with E-state index in [1.54, 1.807) is 13.0 Å². The van der Waals surface area contributed by atoms with Crippen molar-refractivity contribution < 1.29 is 8.42 Å². The van der Waals surface area contributed by atoms with Crippen LogP contribution in [0.3, 0.4) is 0 Å². The lowest BCUT2D eigenvalue weighted by Gasteiger charge is -2.09. The molecule has 1 atom stereocenters. The maximum absolute atomic E-state index is 11.4. The Morgan fingerprint density at radius 2 is 2.27 bits per heavy atom. The third-order valence-corrected chi connectivity index (χ3v) is 4.28. The fourth-order valence-electron chi connectivity index (χ4n) is 0.868. The molecule has 0 saturated carbocycles. The molecule has 15 heavy (non-hydrogen) atoms. The summed E-state index contributed by atoms with van der Waals surface area (Å²) in [4.78, 5) is 0. The summed E-state index contributed by atoms with van der Waals surface area (Å²) in [5.41, 5.74) is 0. The van der Waals surface area contributed by atoms with Gasteiger partial charge in [0.25, 0.3) is 0 Å². The van der Waals surface area contributed by atoms with Gasteiger partial charge in [-0.05, 0) is 6.42 Å². The molecule has 0 heterocycles. The van der Waals surface area contributed by atoms with Gasteiger partial charge in [0.2, 0.25) is 10.0 Å². The molecule has 84 valence electrons. The largest absolute Gasteiger partial charge is 0.227 e. The van der Waals surface area contributed by atoms with Crippen LogP contribution in [-0.4, -0.2) is 31.7 Å². The van der Waals surface area contributed by atoms with Gasteiger partial charge < -0.3 is 0 Å². The molecule has 0 aromatic rings. The Morgan fingerprint density at radius 3 is 2.73 bits per heavy atom. The molecule has 0 aliphatic heterocycles. The Bertz CT molecular complexity index is 351. The Labute approximate surface area is 95.5 Å². The van der Waals surface area contributed by atoms with Crippen LogP contribution in [0.5, 0.6) is 0 Å². The third-order valence-electron chi connectivity index (χ3n) is 1.62. The SMILES string of the molecule is C#CCSCCNS(=O)(=O)C(C#N)CC. The summed E-state index contributed by atoms with van der Waals surface area (Å²) in [5.74, 6) is 3.63. The van der Waals surface area contributed by atoms with Gasteiger partial charge in [0, 0.05) is 12.3 Å². The van der Waals surface area contributed by atoms with Gasteiger partial charge in [0.15, 0.2) is 5.25 Å². The first kappa shape index (κ1) is 14.3. The summed E-state index contributed by atoms with van der Waals surface area (Å²) >= 11 is 1.47. The fraction of sp³-hybridized carbons (Fsp3) is 0.667. The number of nitriles is 1. The van der Waals surface area contributed by atoms with Crippen LogP contribution in [-0.2, 0) is 10.0 Å². The van der Waals surface area contributed by atoms with E-state index in [0.29, 0.717) is 24.5 Å². The van der Waals surface area contributed by atoms with Crippen molar-refractivity contribution >= 4 is 21.8 Å². The predicted molar refractivity (Wildman–Crippen MR) is 62.8 cm³/mol. The topological polar surface area (TPSA) is 70.0 Å². The molecule has 0 aromatic carbocycles. The molecule has 0 aromatic heterocycles. The highest BCUT2D eigenvalue weighted by Gasteiger charge is 2.22. The van der Waals surface area contributed by atoms with Crippen LogP contribution in [0.15, 0.2) is 0 Å². The smallest absolute Gasteiger partial charge is 0.213 e. The van der Waals surface area contributed by atoms with Gasteiger partial charge >= 0.3 is 0 Å². The quantitative estimate of drug-likeness (QED) is 0.527. The van der Waals surface area contributed by atoms with Crippen molar-refractivity contribution in [1.29, 1.82) is 5.26 Å². The van der Waals surface area contributed by atoms with E-state index in [0.717, 1.165) is 0 Å². The summed E-state index contributed by atoms with van der Waals surface area (Å²) in [5, 5.41) is 7.64. The van der Waals surface area contributed by atoms with Crippen molar-refractivity contribution in [3.05, 3.63) is 0 Å².